The quantitative estimate of drug-likeness (QED) is 0.290. The van der Waals surface area contributed by atoms with Crippen LogP contribution in [0.2, 0.25) is 5.02 Å². The Bertz CT molecular complexity index is 1200. The van der Waals surface area contributed by atoms with E-state index in [0.29, 0.717) is 10.6 Å². The third-order valence-corrected chi connectivity index (χ3v) is 5.30. The molecule has 7 heteroatoms. The predicted octanol–water partition coefficient (Wildman–Crippen LogP) is 5.62. The summed E-state index contributed by atoms with van der Waals surface area (Å²) in [5.41, 5.74) is 12.3. The maximum atomic E-state index is 11.9. The first-order valence-corrected chi connectivity index (χ1v) is 10.1. The number of benzene rings is 3. The zero-order chi connectivity index (χ0) is 20.2. The van der Waals surface area contributed by atoms with Gasteiger partial charge >= 0.3 is 0 Å². The van der Waals surface area contributed by atoms with Gasteiger partial charge < -0.3 is 16.4 Å². The number of hydrogen-bond acceptors (Lipinski definition) is 5. The maximum Gasteiger partial charge on any atom is 0.257 e. The first kappa shape index (κ1) is 19.0. The minimum atomic E-state index is -0.124. The molecule has 0 aliphatic carbocycles. The largest absolute Gasteiger partial charge is 0.399 e. The summed E-state index contributed by atoms with van der Waals surface area (Å²) < 4.78 is 1.15. The van der Waals surface area contributed by atoms with Crippen molar-refractivity contribution in [3.8, 4) is 0 Å². The Morgan fingerprint density at radius 2 is 1.90 bits per heavy atom. The highest BCUT2D eigenvalue weighted by Gasteiger charge is 2.24. The fourth-order valence-corrected chi connectivity index (χ4v) is 3.76. The van der Waals surface area contributed by atoms with Gasteiger partial charge in [-0.05, 0) is 48.5 Å². The van der Waals surface area contributed by atoms with E-state index in [4.69, 9.17) is 17.3 Å². The molecular formula is C22H17ClN4OS. The van der Waals surface area contributed by atoms with Crippen LogP contribution >= 0.6 is 22.9 Å². The van der Waals surface area contributed by atoms with Gasteiger partial charge in [-0.15, -0.1) is 11.3 Å². The lowest BCUT2D eigenvalue weighted by Crippen LogP contribution is -2.05. The molecule has 1 aromatic heterocycles. The van der Waals surface area contributed by atoms with E-state index >= 15 is 0 Å². The Morgan fingerprint density at radius 1 is 1.07 bits per heavy atom. The molecule has 4 aromatic rings. The third kappa shape index (κ3) is 4.39. The fraction of sp³-hybridized carbons (Fsp3) is 0. The Kier molecular flexibility index (Phi) is 5.46. The van der Waals surface area contributed by atoms with Crippen molar-refractivity contribution in [2.75, 3.05) is 16.4 Å². The number of nitrogens with one attached hydrogen (secondary N) is 2. The molecule has 29 heavy (non-hydrogen) atoms. The van der Waals surface area contributed by atoms with Gasteiger partial charge in [0.25, 0.3) is 5.91 Å². The molecule has 0 fully saturated rings. The van der Waals surface area contributed by atoms with Crippen LogP contribution < -0.4 is 16.4 Å². The van der Waals surface area contributed by atoms with Gasteiger partial charge in [0.1, 0.15) is 0 Å². The molecule has 144 valence electrons. The van der Waals surface area contributed by atoms with Crippen molar-refractivity contribution in [3.05, 3.63) is 89.0 Å². The average molecular weight is 421 g/mol. The number of aromatic nitrogens is 1. The summed E-state index contributed by atoms with van der Waals surface area (Å²) in [6.07, 6.45) is 1.70. The van der Waals surface area contributed by atoms with Gasteiger partial charge in [0.2, 0.25) is 0 Å². The molecule has 0 unspecified atom stereocenters. The molecule has 1 aliphatic heterocycles. The van der Waals surface area contributed by atoms with Crippen LogP contribution in [-0.4, -0.2) is 10.9 Å². The van der Waals surface area contributed by atoms with Crippen LogP contribution in [-0.2, 0) is 4.79 Å². The van der Waals surface area contributed by atoms with E-state index in [1.54, 1.807) is 35.7 Å². The predicted molar refractivity (Wildman–Crippen MR) is 122 cm³/mol. The third-order valence-electron chi connectivity index (χ3n) is 4.28. The van der Waals surface area contributed by atoms with E-state index in [-0.39, 0.29) is 5.91 Å². The molecule has 0 bridgehead atoms. The Hall–Kier alpha value is -3.35. The number of amides is 1. The van der Waals surface area contributed by atoms with Crippen molar-refractivity contribution in [3.63, 3.8) is 0 Å². The second-order valence-electron chi connectivity index (χ2n) is 6.29. The molecule has 5 nitrogen and oxygen atoms in total. The van der Waals surface area contributed by atoms with E-state index in [1.165, 1.54) is 0 Å². The van der Waals surface area contributed by atoms with Gasteiger partial charge in [-0.3, -0.25) is 4.79 Å². The molecule has 1 aliphatic rings. The highest BCUT2D eigenvalue weighted by Crippen LogP contribution is 2.33. The summed E-state index contributed by atoms with van der Waals surface area (Å²) in [7, 11) is 0. The van der Waals surface area contributed by atoms with Crippen molar-refractivity contribution < 1.29 is 4.79 Å². The Balaban J connectivity index is 0.000000171. The van der Waals surface area contributed by atoms with Crippen molar-refractivity contribution in [1.29, 1.82) is 0 Å². The molecule has 0 saturated heterocycles. The van der Waals surface area contributed by atoms with Crippen molar-refractivity contribution in [1.82, 2.24) is 4.98 Å². The van der Waals surface area contributed by atoms with Crippen molar-refractivity contribution in [2.45, 2.75) is 0 Å². The number of carbonyl (C=O) groups excluding carboxylic acids is 1. The number of hydrogen-bond donors (Lipinski definition) is 3. The zero-order valence-corrected chi connectivity index (χ0v) is 16.8. The van der Waals surface area contributed by atoms with Crippen LogP contribution in [0.3, 0.4) is 0 Å². The normalized spacial score (nSPS) is 13.6. The lowest BCUT2D eigenvalue weighted by molar-refractivity contribution is -0.110. The van der Waals surface area contributed by atoms with E-state index in [2.05, 4.69) is 15.6 Å². The van der Waals surface area contributed by atoms with E-state index in [0.717, 1.165) is 32.8 Å². The van der Waals surface area contributed by atoms with Gasteiger partial charge in [-0.25, -0.2) is 4.98 Å². The van der Waals surface area contributed by atoms with Crippen molar-refractivity contribution >= 4 is 61.7 Å². The summed E-state index contributed by atoms with van der Waals surface area (Å²) in [5.74, 6) is -0.124. The van der Waals surface area contributed by atoms with E-state index < -0.39 is 0 Å². The van der Waals surface area contributed by atoms with Crippen LogP contribution in [0, 0.1) is 0 Å². The molecule has 2 heterocycles. The Morgan fingerprint density at radius 3 is 2.72 bits per heavy atom. The van der Waals surface area contributed by atoms with Gasteiger partial charge in [-0.1, -0.05) is 29.8 Å². The summed E-state index contributed by atoms with van der Waals surface area (Å²) in [4.78, 5) is 16.0. The van der Waals surface area contributed by atoms with Crippen molar-refractivity contribution in [2.24, 2.45) is 0 Å². The number of thiazole rings is 1. The lowest BCUT2D eigenvalue weighted by Gasteiger charge is -2.02. The highest BCUT2D eigenvalue weighted by molar-refractivity contribution is 7.16. The van der Waals surface area contributed by atoms with Gasteiger partial charge in [0.05, 0.1) is 21.3 Å². The molecular weight excluding hydrogens is 404 g/mol. The van der Waals surface area contributed by atoms with Crippen LogP contribution in [0.4, 0.5) is 17.1 Å². The number of nitrogen functional groups attached to an aromatic ring is 1. The summed E-state index contributed by atoms with van der Waals surface area (Å²) >= 11 is 7.58. The first-order chi connectivity index (χ1) is 14.1. The molecule has 0 spiro atoms. The number of rotatable bonds is 2. The lowest BCUT2D eigenvalue weighted by atomic mass is 10.1. The van der Waals surface area contributed by atoms with E-state index in [1.807, 2.05) is 54.0 Å². The SMILES string of the molecule is Nc1ccc2ncsc2c1.O=C1Nc2ccc(Cl)cc2C1=CNc1ccccc1. The molecule has 0 saturated carbocycles. The summed E-state index contributed by atoms with van der Waals surface area (Å²) in [5, 5.41) is 6.53. The van der Waals surface area contributed by atoms with Gasteiger partial charge in [-0.2, -0.15) is 0 Å². The average Bonchev–Trinajstić information content (AvgIpc) is 3.30. The molecule has 3 aromatic carbocycles. The maximum absolute atomic E-state index is 11.9. The van der Waals surface area contributed by atoms with Crippen LogP contribution in [0.25, 0.3) is 15.8 Å². The number of fused-ring (bicyclic) bond motifs is 2. The van der Waals surface area contributed by atoms with Crippen LogP contribution in [0.15, 0.2) is 78.4 Å². The Labute approximate surface area is 176 Å². The number of anilines is 3. The molecule has 0 radical (unpaired) electrons. The summed E-state index contributed by atoms with van der Waals surface area (Å²) in [6.45, 7) is 0. The number of carbonyl (C=O) groups is 1. The first-order valence-electron chi connectivity index (χ1n) is 8.82. The topological polar surface area (TPSA) is 80.0 Å². The van der Waals surface area contributed by atoms with Gasteiger partial charge in [0, 0.05) is 33.8 Å². The zero-order valence-electron chi connectivity index (χ0n) is 15.2. The van der Waals surface area contributed by atoms with Crippen LogP contribution in [0.5, 0.6) is 0 Å². The summed E-state index contributed by atoms with van der Waals surface area (Å²) in [6, 6.07) is 20.7. The second-order valence-corrected chi connectivity index (χ2v) is 7.61. The monoisotopic (exact) mass is 420 g/mol. The van der Waals surface area contributed by atoms with Gasteiger partial charge in [0.15, 0.2) is 0 Å². The smallest absolute Gasteiger partial charge is 0.257 e. The minimum absolute atomic E-state index is 0.124. The standard InChI is InChI=1S/C15H11ClN2O.C7H6N2S/c16-10-6-7-14-12(8-10)13(15(19)18-14)9-17-11-4-2-1-3-5-11;8-5-1-2-6-7(3-5)10-4-9-6/h1-9,17H,(H,18,19);1-4H,8H2. The minimum Gasteiger partial charge on any atom is -0.399 e. The molecule has 5 rings (SSSR count). The number of nitrogens with zero attached hydrogens (tertiary/aromatic N) is 1. The number of halogens is 1. The fourth-order valence-electron chi connectivity index (χ4n) is 2.87. The number of nitrogens with two attached hydrogens (primary N) is 1. The number of para-hydroxylation sites is 1. The molecule has 1 amide bonds. The second kappa shape index (κ2) is 8.34. The molecule has 0 atom stereocenters. The highest BCUT2D eigenvalue weighted by atomic mass is 35.5. The molecule has 4 N–H and O–H groups in total. The van der Waals surface area contributed by atoms with Crippen LogP contribution in [0.1, 0.15) is 5.56 Å². The van der Waals surface area contributed by atoms with E-state index in [9.17, 15) is 4.79 Å².